The van der Waals surface area contributed by atoms with Crippen molar-refractivity contribution in [3.8, 4) is 0 Å². The third kappa shape index (κ3) is 5.15. The lowest BCUT2D eigenvalue weighted by Gasteiger charge is -2.22. The molecule has 0 aliphatic rings. The van der Waals surface area contributed by atoms with Gasteiger partial charge in [0.1, 0.15) is 5.82 Å². The van der Waals surface area contributed by atoms with E-state index in [0.717, 1.165) is 22.8 Å². The van der Waals surface area contributed by atoms with Crippen LogP contribution in [0, 0.1) is 12.7 Å². The van der Waals surface area contributed by atoms with Crippen LogP contribution < -0.4 is 5.32 Å². The Morgan fingerprint density at radius 3 is 2.64 bits per heavy atom. The summed E-state index contributed by atoms with van der Waals surface area (Å²) in [5.41, 5.74) is -0.188. The molecule has 0 saturated carbocycles. The zero-order chi connectivity index (χ0) is 18.6. The highest BCUT2D eigenvalue weighted by molar-refractivity contribution is 7.09. The molecule has 136 valence electrons. The number of benzene rings is 1. The number of aliphatic imine (C=N–C) groups is 1. The van der Waals surface area contributed by atoms with E-state index >= 15 is 0 Å². The SMILES string of the molecule is CN=C(NCc1ccc(F)cc1C(F)(F)F)N(C)Cc1csc(C)n1. The summed E-state index contributed by atoms with van der Waals surface area (Å²) in [7, 11) is 3.31. The van der Waals surface area contributed by atoms with Gasteiger partial charge in [-0.25, -0.2) is 9.37 Å². The maximum absolute atomic E-state index is 13.2. The van der Waals surface area contributed by atoms with E-state index in [1.807, 2.05) is 12.3 Å². The predicted molar refractivity (Wildman–Crippen MR) is 89.9 cm³/mol. The van der Waals surface area contributed by atoms with Crippen molar-refractivity contribution in [3.63, 3.8) is 0 Å². The lowest BCUT2D eigenvalue weighted by molar-refractivity contribution is -0.138. The van der Waals surface area contributed by atoms with E-state index in [4.69, 9.17) is 0 Å². The van der Waals surface area contributed by atoms with Crippen molar-refractivity contribution >= 4 is 17.3 Å². The largest absolute Gasteiger partial charge is 0.416 e. The fourth-order valence-corrected chi connectivity index (χ4v) is 2.93. The highest BCUT2D eigenvalue weighted by atomic mass is 32.1. The quantitative estimate of drug-likeness (QED) is 0.503. The molecule has 0 radical (unpaired) electrons. The molecular weight excluding hydrogens is 356 g/mol. The van der Waals surface area contributed by atoms with Crippen molar-refractivity contribution in [2.75, 3.05) is 14.1 Å². The summed E-state index contributed by atoms with van der Waals surface area (Å²) in [5, 5.41) is 5.73. The van der Waals surface area contributed by atoms with Gasteiger partial charge in [-0.2, -0.15) is 13.2 Å². The summed E-state index contributed by atoms with van der Waals surface area (Å²) in [5.74, 6) is -0.500. The number of aromatic nitrogens is 1. The molecule has 0 spiro atoms. The molecule has 2 rings (SSSR count). The molecule has 1 heterocycles. The smallest absolute Gasteiger partial charge is 0.352 e. The Morgan fingerprint density at radius 2 is 2.08 bits per heavy atom. The average molecular weight is 374 g/mol. The zero-order valence-corrected chi connectivity index (χ0v) is 14.8. The van der Waals surface area contributed by atoms with E-state index in [1.165, 1.54) is 11.3 Å². The fraction of sp³-hybridized carbons (Fsp3) is 0.375. The Labute approximate surface area is 147 Å². The van der Waals surface area contributed by atoms with Crippen LogP contribution in [0.3, 0.4) is 0 Å². The Balaban J connectivity index is 2.08. The van der Waals surface area contributed by atoms with Crippen molar-refractivity contribution in [3.05, 3.63) is 51.2 Å². The molecule has 0 bridgehead atoms. The number of thiazole rings is 1. The molecule has 2 aromatic rings. The van der Waals surface area contributed by atoms with Gasteiger partial charge in [0.2, 0.25) is 0 Å². The highest BCUT2D eigenvalue weighted by Crippen LogP contribution is 2.32. The number of rotatable bonds is 4. The van der Waals surface area contributed by atoms with E-state index in [2.05, 4.69) is 15.3 Å². The van der Waals surface area contributed by atoms with Crippen LogP contribution in [0.2, 0.25) is 0 Å². The first-order valence-electron chi connectivity index (χ1n) is 7.39. The van der Waals surface area contributed by atoms with Crippen molar-refractivity contribution < 1.29 is 17.6 Å². The standard InChI is InChI=1S/C16H18F4N4S/c1-10-23-13(9-25-10)8-24(3)15(21-2)22-7-11-4-5-12(17)6-14(11)16(18,19)20/h4-6,9H,7-8H2,1-3H3,(H,21,22). The first kappa shape index (κ1) is 19.2. The third-order valence-electron chi connectivity index (χ3n) is 3.45. The number of guanidine groups is 1. The van der Waals surface area contributed by atoms with Gasteiger partial charge in [-0.1, -0.05) is 6.07 Å². The average Bonchev–Trinajstić information content (AvgIpc) is 2.93. The Morgan fingerprint density at radius 1 is 1.36 bits per heavy atom. The fourth-order valence-electron chi connectivity index (χ4n) is 2.32. The van der Waals surface area contributed by atoms with Gasteiger partial charge in [0, 0.05) is 26.0 Å². The van der Waals surface area contributed by atoms with Gasteiger partial charge in [-0.15, -0.1) is 11.3 Å². The predicted octanol–water partition coefficient (Wildman–Crippen LogP) is 3.82. The summed E-state index contributed by atoms with van der Waals surface area (Å²) in [6, 6.07) is 2.64. The Kier molecular flexibility index (Phi) is 5.99. The van der Waals surface area contributed by atoms with Crippen molar-refractivity contribution in [1.82, 2.24) is 15.2 Å². The number of hydrogen-bond acceptors (Lipinski definition) is 3. The summed E-state index contributed by atoms with van der Waals surface area (Å²) < 4.78 is 52.3. The van der Waals surface area contributed by atoms with Crippen LogP contribution in [0.15, 0.2) is 28.6 Å². The van der Waals surface area contributed by atoms with E-state index < -0.39 is 17.6 Å². The second-order valence-corrected chi connectivity index (χ2v) is 6.48. The molecule has 0 unspecified atom stereocenters. The molecule has 4 nitrogen and oxygen atoms in total. The third-order valence-corrected chi connectivity index (χ3v) is 4.28. The summed E-state index contributed by atoms with van der Waals surface area (Å²) in [6.07, 6.45) is -4.62. The first-order valence-corrected chi connectivity index (χ1v) is 8.27. The summed E-state index contributed by atoms with van der Waals surface area (Å²) in [6.45, 7) is 2.25. The number of hydrogen-bond donors (Lipinski definition) is 1. The monoisotopic (exact) mass is 374 g/mol. The second kappa shape index (κ2) is 7.81. The molecule has 0 fully saturated rings. The normalized spacial score (nSPS) is 12.4. The van der Waals surface area contributed by atoms with Crippen LogP contribution >= 0.6 is 11.3 Å². The van der Waals surface area contributed by atoms with Gasteiger partial charge in [0.15, 0.2) is 5.96 Å². The van der Waals surface area contributed by atoms with E-state index in [1.54, 1.807) is 19.0 Å². The van der Waals surface area contributed by atoms with Crippen LogP contribution in [-0.2, 0) is 19.3 Å². The van der Waals surface area contributed by atoms with E-state index in [9.17, 15) is 17.6 Å². The number of nitrogens with zero attached hydrogens (tertiary/aromatic N) is 3. The number of halogens is 4. The van der Waals surface area contributed by atoms with Gasteiger partial charge < -0.3 is 10.2 Å². The molecular formula is C16H18F4N4S. The minimum absolute atomic E-state index is 0.0482. The lowest BCUT2D eigenvalue weighted by atomic mass is 10.1. The number of nitrogens with one attached hydrogen (secondary N) is 1. The molecule has 0 atom stereocenters. The Bertz CT molecular complexity index is 755. The van der Waals surface area contributed by atoms with Crippen LogP contribution in [0.5, 0.6) is 0 Å². The van der Waals surface area contributed by atoms with Gasteiger partial charge >= 0.3 is 6.18 Å². The van der Waals surface area contributed by atoms with Gasteiger partial charge in [-0.3, -0.25) is 4.99 Å². The van der Waals surface area contributed by atoms with Crippen molar-refractivity contribution in [2.24, 2.45) is 4.99 Å². The summed E-state index contributed by atoms with van der Waals surface area (Å²) >= 11 is 1.52. The molecule has 1 N–H and O–H groups in total. The molecule has 1 aromatic heterocycles. The summed E-state index contributed by atoms with van der Waals surface area (Å²) in [4.78, 5) is 10.2. The second-order valence-electron chi connectivity index (χ2n) is 5.41. The number of aryl methyl sites for hydroxylation is 1. The van der Waals surface area contributed by atoms with Gasteiger partial charge in [0.05, 0.1) is 22.8 Å². The molecule has 9 heteroatoms. The highest BCUT2D eigenvalue weighted by Gasteiger charge is 2.33. The Hall–Kier alpha value is -2.16. The van der Waals surface area contributed by atoms with Crippen LogP contribution in [-0.4, -0.2) is 29.9 Å². The van der Waals surface area contributed by atoms with Gasteiger partial charge in [-0.05, 0) is 24.6 Å². The lowest BCUT2D eigenvalue weighted by Crippen LogP contribution is -2.38. The van der Waals surface area contributed by atoms with Crippen LogP contribution in [0.4, 0.5) is 17.6 Å². The zero-order valence-electron chi connectivity index (χ0n) is 14.0. The minimum Gasteiger partial charge on any atom is -0.352 e. The molecule has 25 heavy (non-hydrogen) atoms. The van der Waals surface area contributed by atoms with Crippen molar-refractivity contribution in [1.29, 1.82) is 0 Å². The minimum atomic E-state index is -4.62. The van der Waals surface area contributed by atoms with Crippen molar-refractivity contribution in [2.45, 2.75) is 26.2 Å². The molecule has 0 aliphatic heterocycles. The van der Waals surface area contributed by atoms with Crippen LogP contribution in [0.1, 0.15) is 21.8 Å². The van der Waals surface area contributed by atoms with Gasteiger partial charge in [0.25, 0.3) is 0 Å². The molecule has 0 amide bonds. The maximum Gasteiger partial charge on any atom is 0.416 e. The molecule has 0 saturated heterocycles. The van der Waals surface area contributed by atoms with Crippen LogP contribution in [0.25, 0.3) is 0 Å². The molecule has 0 aliphatic carbocycles. The topological polar surface area (TPSA) is 40.5 Å². The van der Waals surface area contributed by atoms with E-state index in [-0.39, 0.29) is 12.1 Å². The maximum atomic E-state index is 13.2. The molecule has 1 aromatic carbocycles. The van der Waals surface area contributed by atoms with E-state index in [0.29, 0.717) is 18.6 Å². The first-order chi connectivity index (χ1) is 11.7. The number of alkyl halides is 3.